The van der Waals surface area contributed by atoms with Gasteiger partial charge in [-0.3, -0.25) is 4.79 Å². The summed E-state index contributed by atoms with van der Waals surface area (Å²) in [6.07, 6.45) is 2.63. The molecule has 0 spiro atoms. The highest BCUT2D eigenvalue weighted by atomic mass is 32.2. The highest BCUT2D eigenvalue weighted by molar-refractivity contribution is 7.99. The molecular weight excluding hydrogens is 408 g/mol. The van der Waals surface area contributed by atoms with Crippen molar-refractivity contribution in [2.45, 2.75) is 41.2 Å². The molecule has 0 bridgehead atoms. The van der Waals surface area contributed by atoms with Gasteiger partial charge in [-0.1, -0.05) is 18.2 Å². The molecule has 29 heavy (non-hydrogen) atoms. The van der Waals surface area contributed by atoms with E-state index in [4.69, 9.17) is 4.74 Å². The van der Waals surface area contributed by atoms with Crippen LogP contribution in [0.2, 0.25) is 0 Å². The van der Waals surface area contributed by atoms with Gasteiger partial charge in [-0.25, -0.2) is 13.1 Å². The van der Waals surface area contributed by atoms with Crippen LogP contribution in [0.15, 0.2) is 58.3 Å². The van der Waals surface area contributed by atoms with Gasteiger partial charge in [-0.2, -0.15) is 0 Å². The van der Waals surface area contributed by atoms with E-state index in [0.717, 1.165) is 30.6 Å². The monoisotopic (exact) mass is 432 g/mol. The summed E-state index contributed by atoms with van der Waals surface area (Å²) in [7, 11) is -3.62. The quantitative estimate of drug-likeness (QED) is 0.733. The Hall–Kier alpha value is -1.87. The van der Waals surface area contributed by atoms with Crippen LogP contribution in [-0.4, -0.2) is 39.3 Å². The van der Waals surface area contributed by atoms with E-state index in [0.29, 0.717) is 12.2 Å². The minimum absolute atomic E-state index is 0.0311. The number of hydrogen-bond donors (Lipinski definition) is 2. The van der Waals surface area contributed by atoms with Crippen LogP contribution in [0.3, 0.4) is 0 Å². The Morgan fingerprint density at radius 3 is 2.66 bits per heavy atom. The van der Waals surface area contributed by atoms with Gasteiger partial charge in [0.05, 0.1) is 17.0 Å². The fourth-order valence-electron chi connectivity index (χ4n) is 3.61. The number of carbonyl (C=O) groups is 1. The molecule has 1 amide bonds. The van der Waals surface area contributed by atoms with Crippen LogP contribution in [0.5, 0.6) is 0 Å². The van der Waals surface area contributed by atoms with Gasteiger partial charge in [-0.05, 0) is 55.2 Å². The number of thioether (sulfide) groups is 1. The molecule has 0 saturated carbocycles. The maximum absolute atomic E-state index is 12.7. The van der Waals surface area contributed by atoms with Crippen molar-refractivity contribution in [1.29, 1.82) is 0 Å². The van der Waals surface area contributed by atoms with E-state index >= 15 is 0 Å². The molecule has 2 aliphatic heterocycles. The molecule has 154 valence electrons. The second-order valence-corrected chi connectivity index (χ2v) is 10.1. The zero-order chi connectivity index (χ0) is 20.3. The van der Waals surface area contributed by atoms with Crippen LogP contribution >= 0.6 is 11.8 Å². The minimum Gasteiger partial charge on any atom is -0.377 e. The summed E-state index contributed by atoms with van der Waals surface area (Å²) in [6.45, 7) is 0.948. The van der Waals surface area contributed by atoms with Crippen LogP contribution in [0.1, 0.15) is 41.2 Å². The van der Waals surface area contributed by atoms with Gasteiger partial charge in [0.1, 0.15) is 0 Å². The molecule has 6 nitrogen and oxygen atoms in total. The first-order valence-electron chi connectivity index (χ1n) is 9.77. The standard InChI is InChI=1S/C21H24N2O4S2/c24-21(23-19-11-13-28-20-6-2-1-5-18(19)20)15-7-9-17(10-8-15)29(25,26)22-14-16-4-3-12-27-16/h1-2,5-10,16,19,22H,3-4,11-14H2,(H,23,24). The average molecular weight is 433 g/mol. The molecule has 2 heterocycles. The lowest BCUT2D eigenvalue weighted by Crippen LogP contribution is -2.32. The molecule has 2 aliphatic rings. The van der Waals surface area contributed by atoms with E-state index in [9.17, 15) is 13.2 Å². The maximum atomic E-state index is 12.7. The van der Waals surface area contributed by atoms with E-state index in [-0.39, 0.29) is 29.5 Å². The lowest BCUT2D eigenvalue weighted by Gasteiger charge is -2.25. The Balaban J connectivity index is 1.40. The molecule has 4 rings (SSSR count). The van der Waals surface area contributed by atoms with Crippen molar-refractivity contribution >= 4 is 27.7 Å². The van der Waals surface area contributed by atoms with Gasteiger partial charge >= 0.3 is 0 Å². The smallest absolute Gasteiger partial charge is 0.251 e. The SMILES string of the molecule is O=C(NC1CCSc2ccccc21)c1ccc(S(=O)(=O)NCC2CCCO2)cc1. The summed E-state index contributed by atoms with van der Waals surface area (Å²) in [6, 6.07) is 14.1. The van der Waals surface area contributed by atoms with Gasteiger partial charge in [0.15, 0.2) is 0 Å². The first-order chi connectivity index (χ1) is 14.0. The van der Waals surface area contributed by atoms with Crippen molar-refractivity contribution in [1.82, 2.24) is 10.0 Å². The molecule has 0 aromatic heterocycles. The van der Waals surface area contributed by atoms with Gasteiger partial charge in [0, 0.05) is 29.4 Å². The summed E-state index contributed by atoms with van der Waals surface area (Å²) < 4.78 is 32.9. The summed E-state index contributed by atoms with van der Waals surface area (Å²) in [5.41, 5.74) is 1.58. The summed E-state index contributed by atoms with van der Waals surface area (Å²) >= 11 is 1.80. The lowest BCUT2D eigenvalue weighted by atomic mass is 10.0. The van der Waals surface area contributed by atoms with Crippen molar-refractivity contribution in [3.05, 3.63) is 59.7 Å². The molecule has 1 fully saturated rings. The van der Waals surface area contributed by atoms with E-state index in [1.54, 1.807) is 23.9 Å². The molecule has 2 N–H and O–H groups in total. The summed E-state index contributed by atoms with van der Waals surface area (Å²) in [5, 5.41) is 3.08. The summed E-state index contributed by atoms with van der Waals surface area (Å²) in [4.78, 5) is 14.0. The molecule has 2 aromatic rings. The van der Waals surface area contributed by atoms with Crippen molar-refractivity contribution in [2.75, 3.05) is 18.9 Å². The number of nitrogens with one attached hydrogen (secondary N) is 2. The van der Waals surface area contributed by atoms with E-state index in [1.165, 1.54) is 17.0 Å². The Morgan fingerprint density at radius 1 is 1.10 bits per heavy atom. The lowest BCUT2D eigenvalue weighted by molar-refractivity contribution is 0.0935. The highest BCUT2D eigenvalue weighted by Gasteiger charge is 2.23. The first kappa shape index (κ1) is 20.4. The zero-order valence-electron chi connectivity index (χ0n) is 16.0. The van der Waals surface area contributed by atoms with E-state index in [1.807, 2.05) is 18.2 Å². The first-order valence-corrected chi connectivity index (χ1v) is 12.2. The molecule has 0 radical (unpaired) electrons. The number of fused-ring (bicyclic) bond motifs is 1. The minimum atomic E-state index is -3.62. The maximum Gasteiger partial charge on any atom is 0.251 e. The topological polar surface area (TPSA) is 84.5 Å². The van der Waals surface area contributed by atoms with Crippen LogP contribution in [0.4, 0.5) is 0 Å². The van der Waals surface area contributed by atoms with Crippen molar-refractivity contribution in [3.63, 3.8) is 0 Å². The third-order valence-corrected chi connectivity index (χ3v) is 7.78. The number of ether oxygens (including phenoxy) is 1. The third kappa shape index (κ3) is 4.83. The van der Waals surface area contributed by atoms with Gasteiger partial charge in [-0.15, -0.1) is 11.8 Å². The molecule has 2 unspecified atom stereocenters. The second-order valence-electron chi connectivity index (χ2n) is 7.21. The fourth-order valence-corrected chi connectivity index (χ4v) is 5.80. The van der Waals surface area contributed by atoms with Crippen molar-refractivity contribution in [3.8, 4) is 0 Å². The number of rotatable bonds is 6. The van der Waals surface area contributed by atoms with Crippen LogP contribution in [0.25, 0.3) is 0 Å². The third-order valence-electron chi connectivity index (χ3n) is 5.22. The Kier molecular flexibility index (Phi) is 6.24. The van der Waals surface area contributed by atoms with E-state index in [2.05, 4.69) is 16.1 Å². The molecule has 0 aliphatic carbocycles. The Labute approximate surface area is 175 Å². The highest BCUT2D eigenvalue weighted by Crippen LogP contribution is 2.35. The van der Waals surface area contributed by atoms with Gasteiger partial charge in [0.25, 0.3) is 5.91 Å². The van der Waals surface area contributed by atoms with Crippen molar-refractivity contribution < 1.29 is 17.9 Å². The number of sulfonamides is 1. The molecule has 2 atom stereocenters. The Morgan fingerprint density at radius 2 is 1.90 bits per heavy atom. The van der Waals surface area contributed by atoms with Crippen LogP contribution in [0, 0.1) is 0 Å². The fraction of sp³-hybridized carbons (Fsp3) is 0.381. The van der Waals surface area contributed by atoms with E-state index < -0.39 is 10.0 Å². The van der Waals surface area contributed by atoms with Gasteiger partial charge in [0.2, 0.25) is 10.0 Å². The number of benzene rings is 2. The predicted molar refractivity (Wildman–Crippen MR) is 113 cm³/mol. The second kappa shape index (κ2) is 8.87. The van der Waals surface area contributed by atoms with Crippen LogP contribution in [-0.2, 0) is 14.8 Å². The zero-order valence-corrected chi connectivity index (χ0v) is 17.6. The van der Waals surface area contributed by atoms with Gasteiger partial charge < -0.3 is 10.1 Å². The Bertz CT molecular complexity index is 970. The molecule has 1 saturated heterocycles. The largest absolute Gasteiger partial charge is 0.377 e. The van der Waals surface area contributed by atoms with Crippen LogP contribution < -0.4 is 10.0 Å². The number of carbonyl (C=O) groups excluding carboxylic acids is 1. The summed E-state index contributed by atoms with van der Waals surface area (Å²) in [5.74, 6) is 0.753. The van der Waals surface area contributed by atoms with Crippen molar-refractivity contribution in [2.24, 2.45) is 0 Å². The molecule has 8 heteroatoms. The predicted octanol–water partition coefficient (Wildman–Crippen LogP) is 3.11. The molecular formula is C21H24N2O4S2. The molecule has 2 aromatic carbocycles. The number of hydrogen-bond acceptors (Lipinski definition) is 5. The average Bonchev–Trinajstić information content (AvgIpc) is 3.26. The normalized spacial score (nSPS) is 21.5. The number of amides is 1.